The SMILES string of the molecule is CCOC(=O)C1=C(c2ccccc2)N=c2s/c(=C\c3ccc(OCc4ccccc4F)c(OCC)c3)c(=O)n2[C@H]1c1ccc(Cl)cc1. The number of hydrogen-bond donors (Lipinski definition) is 0. The fourth-order valence-electron chi connectivity index (χ4n) is 5.33. The van der Waals surface area contributed by atoms with Crippen LogP contribution in [-0.4, -0.2) is 23.8 Å². The fourth-order valence-corrected chi connectivity index (χ4v) is 6.45. The molecule has 0 bridgehead atoms. The number of ether oxygens (including phenoxy) is 3. The number of carbonyl (C=O) groups excluding carboxylic acids is 1. The van der Waals surface area contributed by atoms with E-state index < -0.39 is 12.0 Å². The zero-order chi connectivity index (χ0) is 32.9. The van der Waals surface area contributed by atoms with E-state index in [1.165, 1.54) is 22.0 Å². The summed E-state index contributed by atoms with van der Waals surface area (Å²) in [5.74, 6) is -0.00374. The van der Waals surface area contributed by atoms with Gasteiger partial charge in [-0.1, -0.05) is 89.7 Å². The lowest BCUT2D eigenvalue weighted by atomic mass is 9.93. The van der Waals surface area contributed by atoms with Gasteiger partial charge in [-0.15, -0.1) is 0 Å². The molecule has 1 aromatic heterocycles. The molecule has 2 heterocycles. The minimum Gasteiger partial charge on any atom is -0.490 e. The monoisotopic (exact) mass is 668 g/mol. The van der Waals surface area contributed by atoms with E-state index in [4.69, 9.17) is 30.8 Å². The zero-order valence-corrected chi connectivity index (χ0v) is 27.2. The molecule has 7 nitrogen and oxygen atoms in total. The average molecular weight is 669 g/mol. The number of benzene rings is 4. The van der Waals surface area contributed by atoms with Crippen molar-refractivity contribution in [3.8, 4) is 11.5 Å². The van der Waals surface area contributed by atoms with Crippen molar-refractivity contribution in [3.63, 3.8) is 0 Å². The van der Waals surface area contributed by atoms with E-state index in [-0.39, 0.29) is 30.2 Å². The standard InChI is InChI=1S/C37H30ClFN2O5S/c1-3-44-30-20-23(14-19-29(30)46-22-26-12-8-9-13-28(26)39)21-31-35(42)41-34(25-15-17-27(38)18-16-25)32(36(43)45-4-2)33(40-37(41)47-31)24-10-6-5-7-11-24/h5-21,34H,3-4,22H2,1-2H3/b31-21-/t34-/m0/s1. The topological polar surface area (TPSA) is 79.1 Å². The van der Waals surface area contributed by atoms with Crippen molar-refractivity contribution in [2.24, 2.45) is 4.99 Å². The molecule has 0 radical (unpaired) electrons. The number of nitrogens with zero attached hydrogens (tertiary/aromatic N) is 2. The van der Waals surface area contributed by atoms with Crippen LogP contribution in [0.5, 0.6) is 11.5 Å². The second kappa shape index (κ2) is 14.2. The number of halogens is 2. The minimum atomic E-state index is -0.812. The van der Waals surface area contributed by atoms with Gasteiger partial charge in [0, 0.05) is 16.1 Å². The van der Waals surface area contributed by atoms with Crippen molar-refractivity contribution >= 4 is 40.7 Å². The third kappa shape index (κ3) is 6.77. The van der Waals surface area contributed by atoms with Crippen molar-refractivity contribution in [1.82, 2.24) is 4.57 Å². The van der Waals surface area contributed by atoms with Gasteiger partial charge in [-0.3, -0.25) is 9.36 Å². The van der Waals surface area contributed by atoms with Crippen LogP contribution in [0, 0.1) is 5.82 Å². The molecule has 0 amide bonds. The molecule has 0 unspecified atom stereocenters. The molecule has 0 saturated carbocycles. The van der Waals surface area contributed by atoms with Crippen molar-refractivity contribution in [1.29, 1.82) is 0 Å². The Balaban J connectivity index is 1.48. The highest BCUT2D eigenvalue weighted by atomic mass is 35.5. The molecule has 1 aliphatic rings. The first-order valence-corrected chi connectivity index (χ1v) is 16.2. The zero-order valence-electron chi connectivity index (χ0n) is 25.6. The first-order valence-electron chi connectivity index (χ1n) is 15.0. The Hall–Kier alpha value is -4.99. The molecule has 4 aromatic carbocycles. The Bertz CT molecular complexity index is 2140. The lowest BCUT2D eigenvalue weighted by Crippen LogP contribution is -2.40. The van der Waals surface area contributed by atoms with Gasteiger partial charge in [0.05, 0.1) is 35.1 Å². The molecule has 0 aliphatic carbocycles. The first-order chi connectivity index (χ1) is 22.9. The number of esters is 1. The predicted octanol–water partition coefficient (Wildman–Crippen LogP) is 6.71. The molecule has 1 atom stereocenters. The molecule has 5 aromatic rings. The molecule has 0 fully saturated rings. The van der Waals surface area contributed by atoms with E-state index in [9.17, 15) is 14.0 Å². The third-order valence-corrected chi connectivity index (χ3v) is 8.70. The van der Waals surface area contributed by atoms with Gasteiger partial charge in [0.2, 0.25) is 0 Å². The van der Waals surface area contributed by atoms with Gasteiger partial charge in [0.25, 0.3) is 5.56 Å². The second-order valence-electron chi connectivity index (χ2n) is 10.5. The average Bonchev–Trinajstić information content (AvgIpc) is 3.39. The molecule has 1 aliphatic heterocycles. The van der Waals surface area contributed by atoms with Gasteiger partial charge in [-0.05, 0) is 61.4 Å². The van der Waals surface area contributed by atoms with Crippen LogP contribution in [-0.2, 0) is 16.1 Å². The van der Waals surface area contributed by atoms with E-state index in [2.05, 4.69) is 0 Å². The first kappa shape index (κ1) is 32.0. The summed E-state index contributed by atoms with van der Waals surface area (Å²) in [4.78, 5) is 33.1. The smallest absolute Gasteiger partial charge is 0.338 e. The summed E-state index contributed by atoms with van der Waals surface area (Å²) in [6, 6.07) is 27.3. The van der Waals surface area contributed by atoms with Gasteiger partial charge in [-0.2, -0.15) is 0 Å². The summed E-state index contributed by atoms with van der Waals surface area (Å²) in [5.41, 5.74) is 2.89. The Morgan fingerprint density at radius 3 is 2.40 bits per heavy atom. The van der Waals surface area contributed by atoms with Gasteiger partial charge in [0.1, 0.15) is 12.4 Å². The molecular formula is C37H30ClFN2O5S. The van der Waals surface area contributed by atoms with Crippen LogP contribution in [0.3, 0.4) is 0 Å². The number of thiazole rings is 1. The highest BCUT2D eigenvalue weighted by Gasteiger charge is 2.35. The van der Waals surface area contributed by atoms with Crippen LogP contribution < -0.4 is 24.4 Å². The Labute approximate surface area is 279 Å². The van der Waals surface area contributed by atoms with Crippen LogP contribution >= 0.6 is 22.9 Å². The second-order valence-corrected chi connectivity index (χ2v) is 11.9. The van der Waals surface area contributed by atoms with E-state index >= 15 is 0 Å². The summed E-state index contributed by atoms with van der Waals surface area (Å²) in [5, 5.41) is 0.525. The largest absolute Gasteiger partial charge is 0.490 e. The van der Waals surface area contributed by atoms with Crippen LogP contribution in [0.2, 0.25) is 5.02 Å². The fraction of sp³-hybridized carbons (Fsp3) is 0.162. The number of carbonyl (C=O) groups is 1. The van der Waals surface area contributed by atoms with Crippen LogP contribution in [0.4, 0.5) is 4.39 Å². The van der Waals surface area contributed by atoms with Crippen LogP contribution in [0.15, 0.2) is 112 Å². The highest BCUT2D eigenvalue weighted by molar-refractivity contribution is 7.07. The molecule has 47 heavy (non-hydrogen) atoms. The summed E-state index contributed by atoms with van der Waals surface area (Å²) in [6.45, 7) is 4.15. The Morgan fingerprint density at radius 1 is 0.936 bits per heavy atom. The summed E-state index contributed by atoms with van der Waals surface area (Å²) in [6.07, 6.45) is 1.75. The quantitative estimate of drug-likeness (QED) is 0.155. The maximum Gasteiger partial charge on any atom is 0.338 e. The third-order valence-electron chi connectivity index (χ3n) is 7.47. The summed E-state index contributed by atoms with van der Waals surface area (Å²) < 4.78 is 33.4. The number of aromatic nitrogens is 1. The van der Waals surface area contributed by atoms with Crippen molar-refractivity contribution < 1.29 is 23.4 Å². The normalized spacial score (nSPS) is 14.4. The number of fused-ring (bicyclic) bond motifs is 1. The lowest BCUT2D eigenvalue weighted by molar-refractivity contribution is -0.138. The van der Waals surface area contributed by atoms with Gasteiger partial charge < -0.3 is 14.2 Å². The van der Waals surface area contributed by atoms with E-state index in [0.29, 0.717) is 54.8 Å². The molecule has 10 heteroatoms. The lowest BCUT2D eigenvalue weighted by Gasteiger charge is -2.25. The van der Waals surface area contributed by atoms with E-state index in [1.54, 1.807) is 73.7 Å². The number of hydrogen-bond acceptors (Lipinski definition) is 7. The van der Waals surface area contributed by atoms with Gasteiger partial charge in [-0.25, -0.2) is 14.2 Å². The van der Waals surface area contributed by atoms with E-state index in [0.717, 1.165) is 5.56 Å². The maximum absolute atomic E-state index is 14.2. The van der Waals surface area contributed by atoms with Crippen LogP contribution in [0.1, 0.15) is 42.1 Å². The summed E-state index contributed by atoms with van der Waals surface area (Å²) >= 11 is 7.44. The van der Waals surface area contributed by atoms with Crippen molar-refractivity contribution in [2.45, 2.75) is 26.5 Å². The van der Waals surface area contributed by atoms with Crippen LogP contribution in [0.25, 0.3) is 11.8 Å². The molecular weight excluding hydrogens is 639 g/mol. The molecule has 0 spiro atoms. The maximum atomic E-state index is 14.2. The number of rotatable bonds is 10. The van der Waals surface area contributed by atoms with Gasteiger partial charge in [0.15, 0.2) is 16.3 Å². The molecule has 238 valence electrons. The summed E-state index contributed by atoms with van der Waals surface area (Å²) in [7, 11) is 0. The highest BCUT2D eigenvalue weighted by Crippen LogP contribution is 2.36. The Kier molecular flexibility index (Phi) is 9.65. The molecule has 0 N–H and O–H groups in total. The predicted molar refractivity (Wildman–Crippen MR) is 181 cm³/mol. The van der Waals surface area contributed by atoms with E-state index in [1.807, 2.05) is 37.3 Å². The molecule has 0 saturated heterocycles. The minimum absolute atomic E-state index is 0.0297. The molecule has 6 rings (SSSR count). The van der Waals surface area contributed by atoms with Crippen molar-refractivity contribution in [3.05, 3.63) is 155 Å². The Morgan fingerprint density at radius 2 is 1.68 bits per heavy atom. The van der Waals surface area contributed by atoms with Gasteiger partial charge >= 0.3 is 5.97 Å². The van der Waals surface area contributed by atoms with Crippen molar-refractivity contribution in [2.75, 3.05) is 13.2 Å².